The molecule has 0 amide bonds. The number of aryl methyl sites for hydroxylation is 2. The molecule has 8 heteroatoms. The molecule has 0 aliphatic carbocycles. The first-order valence-electron chi connectivity index (χ1n) is 17.6. The molecular formula is C38H52O4S4. The van der Waals surface area contributed by atoms with Gasteiger partial charge in [0, 0.05) is 62.7 Å². The summed E-state index contributed by atoms with van der Waals surface area (Å²) in [6, 6.07) is 14.2. The van der Waals surface area contributed by atoms with Gasteiger partial charge in [0.05, 0.1) is 39.6 Å². The average Bonchev–Trinajstić information content (AvgIpc) is 3.82. The minimum Gasteiger partial charge on any atom is -0.381 e. The minimum absolute atomic E-state index is 0.311. The maximum absolute atomic E-state index is 5.96. The molecule has 0 spiro atoms. The molecule has 0 saturated carbocycles. The van der Waals surface area contributed by atoms with Crippen molar-refractivity contribution in [2.45, 2.75) is 90.9 Å². The molecule has 252 valence electrons. The van der Waals surface area contributed by atoms with Crippen molar-refractivity contribution in [3.8, 4) is 19.5 Å². The second-order valence-corrected chi connectivity index (χ2v) is 18.1. The second kappa shape index (κ2) is 17.0. The van der Waals surface area contributed by atoms with Gasteiger partial charge in [-0.05, 0) is 87.8 Å². The zero-order valence-corrected chi connectivity index (χ0v) is 31.1. The Balaban J connectivity index is 0.862. The summed E-state index contributed by atoms with van der Waals surface area (Å²) >= 11 is 7.87. The number of unbranched alkanes of at least 4 members (excludes halogenated alkanes) is 6. The Hall–Kier alpha value is -1.10. The third-order valence-electron chi connectivity index (χ3n) is 9.89. The van der Waals surface area contributed by atoms with Crippen molar-refractivity contribution >= 4 is 54.7 Å². The Morgan fingerprint density at radius 3 is 1.37 bits per heavy atom. The van der Waals surface area contributed by atoms with Gasteiger partial charge in [-0.2, -0.15) is 0 Å². The molecule has 6 heterocycles. The Morgan fingerprint density at radius 1 is 0.543 bits per heavy atom. The van der Waals surface area contributed by atoms with Crippen molar-refractivity contribution in [1.82, 2.24) is 0 Å². The van der Waals surface area contributed by atoms with Gasteiger partial charge in [-0.1, -0.05) is 39.5 Å². The van der Waals surface area contributed by atoms with Crippen LogP contribution in [-0.2, 0) is 31.8 Å². The minimum atomic E-state index is 0.311. The lowest BCUT2D eigenvalue weighted by molar-refractivity contribution is -0.150. The fourth-order valence-corrected chi connectivity index (χ4v) is 10.9. The third-order valence-corrected chi connectivity index (χ3v) is 14.9. The van der Waals surface area contributed by atoms with Gasteiger partial charge >= 0.3 is 0 Å². The zero-order valence-electron chi connectivity index (χ0n) is 27.9. The predicted octanol–water partition coefficient (Wildman–Crippen LogP) is 11.5. The predicted molar refractivity (Wildman–Crippen MR) is 199 cm³/mol. The van der Waals surface area contributed by atoms with Crippen molar-refractivity contribution in [1.29, 1.82) is 0 Å². The van der Waals surface area contributed by atoms with Crippen molar-refractivity contribution in [2.24, 2.45) is 10.8 Å². The number of hydrogen-bond donors (Lipinski definition) is 0. The smallest absolute Gasteiger partial charge is 0.0566 e. The van der Waals surface area contributed by atoms with Crippen LogP contribution in [0.1, 0.15) is 87.8 Å². The van der Waals surface area contributed by atoms with Crippen molar-refractivity contribution in [3.05, 3.63) is 46.2 Å². The van der Waals surface area contributed by atoms with E-state index in [4.69, 9.17) is 18.9 Å². The first-order valence-corrected chi connectivity index (χ1v) is 20.9. The summed E-state index contributed by atoms with van der Waals surface area (Å²) < 4.78 is 25.6. The van der Waals surface area contributed by atoms with E-state index >= 15 is 0 Å². The van der Waals surface area contributed by atoms with Crippen LogP contribution < -0.4 is 0 Å². The van der Waals surface area contributed by atoms with E-state index in [1.165, 1.54) is 103 Å². The van der Waals surface area contributed by atoms with Crippen LogP contribution >= 0.6 is 45.3 Å². The van der Waals surface area contributed by atoms with E-state index < -0.39 is 0 Å². The van der Waals surface area contributed by atoms with Crippen LogP contribution in [0.3, 0.4) is 0 Å². The molecule has 0 radical (unpaired) electrons. The first kappa shape index (κ1) is 34.8. The fraction of sp³-hybridized carbons (Fsp3) is 0.632. The maximum Gasteiger partial charge on any atom is 0.0566 e. The molecule has 0 N–H and O–H groups in total. The largest absolute Gasteiger partial charge is 0.381 e. The third kappa shape index (κ3) is 9.12. The summed E-state index contributed by atoms with van der Waals surface area (Å²) in [5, 5.41) is 0. The van der Waals surface area contributed by atoms with E-state index in [-0.39, 0.29) is 0 Å². The van der Waals surface area contributed by atoms with Crippen LogP contribution in [0.5, 0.6) is 0 Å². The lowest BCUT2D eigenvalue weighted by Gasteiger charge is -2.40. The molecule has 4 aromatic rings. The Labute approximate surface area is 292 Å². The molecule has 4 aromatic heterocycles. The van der Waals surface area contributed by atoms with Crippen LogP contribution in [0.4, 0.5) is 0 Å². The number of hydrogen-bond acceptors (Lipinski definition) is 8. The van der Waals surface area contributed by atoms with Crippen molar-refractivity contribution in [2.75, 3.05) is 52.9 Å². The highest BCUT2D eigenvalue weighted by Crippen LogP contribution is 2.45. The maximum atomic E-state index is 5.96. The highest BCUT2D eigenvalue weighted by molar-refractivity contribution is 7.33. The number of ether oxygens (including phenoxy) is 4. The van der Waals surface area contributed by atoms with Gasteiger partial charge in [-0.15, -0.1) is 45.3 Å². The van der Waals surface area contributed by atoms with E-state index in [2.05, 4.69) is 50.2 Å². The standard InChI is InChI=1S/C38H52O4S4/c1-3-37(25-41-26-37)23-39-19-11-7-5-9-13-29-15-17-31(43-29)33-21-35-36(45-33)22-34(46-35)32-18-16-30(44-32)14-10-6-8-12-20-40-24-38(4-2)27-42-28-38/h15-18,21-22H,3-14,19-20,23-28H2,1-2H3. The van der Waals surface area contributed by atoms with Gasteiger partial charge in [-0.25, -0.2) is 0 Å². The molecule has 4 nitrogen and oxygen atoms in total. The highest BCUT2D eigenvalue weighted by Gasteiger charge is 2.37. The van der Waals surface area contributed by atoms with Crippen LogP contribution in [0.2, 0.25) is 0 Å². The molecule has 2 aliphatic rings. The quantitative estimate of drug-likeness (QED) is 0.0765. The van der Waals surface area contributed by atoms with Crippen molar-refractivity contribution < 1.29 is 18.9 Å². The number of thiophene rings is 4. The van der Waals surface area contributed by atoms with Gasteiger partial charge in [-0.3, -0.25) is 0 Å². The average molecular weight is 701 g/mol. The fourth-order valence-electron chi connectivity index (χ4n) is 6.22. The molecule has 0 bridgehead atoms. The molecule has 0 aromatic carbocycles. The summed E-state index contributed by atoms with van der Waals surface area (Å²) in [6.45, 7) is 11.5. The van der Waals surface area contributed by atoms with Crippen molar-refractivity contribution in [3.63, 3.8) is 0 Å². The molecule has 6 rings (SSSR count). The zero-order chi connectivity index (χ0) is 31.7. The first-order chi connectivity index (χ1) is 22.6. The van der Waals surface area contributed by atoms with E-state index in [0.29, 0.717) is 10.8 Å². The number of rotatable bonds is 22. The van der Waals surface area contributed by atoms with Crippen LogP contribution in [0.25, 0.3) is 28.9 Å². The van der Waals surface area contributed by atoms with Crippen LogP contribution in [-0.4, -0.2) is 52.9 Å². The Morgan fingerprint density at radius 2 is 0.978 bits per heavy atom. The molecule has 2 aliphatic heterocycles. The van der Waals surface area contributed by atoms with E-state index in [1.807, 2.05) is 45.3 Å². The van der Waals surface area contributed by atoms with Crippen LogP contribution in [0, 0.1) is 10.8 Å². The summed E-state index contributed by atoms with van der Waals surface area (Å²) in [5.41, 5.74) is 0.622. The molecule has 2 fully saturated rings. The van der Waals surface area contributed by atoms with Gasteiger partial charge in [0.25, 0.3) is 0 Å². The SMILES string of the molecule is CCC1(COCCCCCCc2ccc(-c3cc4sc(-c5ccc(CCCCCCOCC6(CC)COC6)s5)cc4s3)s2)COC1. The summed E-state index contributed by atoms with van der Waals surface area (Å²) in [6.07, 6.45) is 14.7. The van der Waals surface area contributed by atoms with Gasteiger partial charge in [0.1, 0.15) is 0 Å². The molecule has 0 atom stereocenters. The monoisotopic (exact) mass is 700 g/mol. The Kier molecular flexibility index (Phi) is 12.9. The molecule has 46 heavy (non-hydrogen) atoms. The van der Waals surface area contributed by atoms with E-state index in [9.17, 15) is 0 Å². The van der Waals surface area contributed by atoms with Gasteiger partial charge < -0.3 is 18.9 Å². The molecular weight excluding hydrogens is 649 g/mol. The van der Waals surface area contributed by atoms with Gasteiger partial charge in [0.15, 0.2) is 0 Å². The van der Waals surface area contributed by atoms with Crippen LogP contribution in [0.15, 0.2) is 36.4 Å². The van der Waals surface area contributed by atoms with E-state index in [1.54, 1.807) is 0 Å². The summed E-state index contributed by atoms with van der Waals surface area (Å²) in [4.78, 5) is 8.71. The normalized spacial score (nSPS) is 17.0. The van der Waals surface area contributed by atoms with Gasteiger partial charge in [0.2, 0.25) is 0 Å². The highest BCUT2D eigenvalue weighted by atomic mass is 32.1. The lowest BCUT2D eigenvalue weighted by Crippen LogP contribution is -2.45. The van der Waals surface area contributed by atoms with E-state index in [0.717, 1.165) is 65.7 Å². The summed E-state index contributed by atoms with van der Waals surface area (Å²) in [5.74, 6) is 0. The second-order valence-electron chi connectivity index (χ2n) is 13.6. The lowest BCUT2D eigenvalue weighted by atomic mass is 9.84. The topological polar surface area (TPSA) is 36.9 Å². The molecule has 0 unspecified atom stereocenters. The molecule has 2 saturated heterocycles. The summed E-state index contributed by atoms with van der Waals surface area (Å²) in [7, 11) is 0. The number of fused-ring (bicyclic) bond motifs is 1. The Bertz CT molecular complexity index is 1320.